The van der Waals surface area contributed by atoms with Crippen LogP contribution in [0.15, 0.2) is 72.8 Å². The van der Waals surface area contributed by atoms with Crippen LogP contribution in [0, 0.1) is 13.8 Å². The maximum absolute atomic E-state index is 12.5. The molecule has 6 heteroatoms. The molecule has 0 radical (unpaired) electrons. The van der Waals surface area contributed by atoms with Gasteiger partial charge in [-0.15, -0.1) is 0 Å². The zero-order chi connectivity index (χ0) is 23.6. The highest BCUT2D eigenvalue weighted by molar-refractivity contribution is 7.85. The molecule has 0 saturated carbocycles. The molecule has 0 amide bonds. The highest BCUT2D eigenvalue weighted by atomic mass is 32.2. The third-order valence-electron chi connectivity index (χ3n) is 4.81. The molecule has 32 heavy (non-hydrogen) atoms. The SMILES string of the molecule is COCCCS(=O)(=O)O.Cc1ccc(Cc2ccc(C(=O)c3ccc(C)cc3)cc2)cc1. The van der Waals surface area contributed by atoms with Crippen molar-refractivity contribution < 1.29 is 22.5 Å². The zero-order valence-electron chi connectivity index (χ0n) is 18.7. The van der Waals surface area contributed by atoms with Gasteiger partial charge in [-0.25, -0.2) is 0 Å². The minimum Gasteiger partial charge on any atom is -0.385 e. The number of ether oxygens (including phenoxy) is 1. The van der Waals surface area contributed by atoms with Gasteiger partial charge in [0.1, 0.15) is 0 Å². The summed E-state index contributed by atoms with van der Waals surface area (Å²) >= 11 is 0. The Kier molecular flexibility index (Phi) is 9.78. The molecule has 0 aliphatic heterocycles. The number of carbonyl (C=O) groups excluding carboxylic acids is 1. The number of methoxy groups -OCH3 is 1. The Balaban J connectivity index is 0.000000344. The van der Waals surface area contributed by atoms with Crippen molar-refractivity contribution in [3.8, 4) is 0 Å². The first-order chi connectivity index (χ1) is 15.2. The van der Waals surface area contributed by atoms with Crippen molar-refractivity contribution in [3.05, 3.63) is 106 Å². The molecule has 3 rings (SSSR count). The molecule has 3 aromatic carbocycles. The first-order valence-electron chi connectivity index (χ1n) is 10.4. The van der Waals surface area contributed by atoms with Crippen LogP contribution in [0.25, 0.3) is 0 Å². The van der Waals surface area contributed by atoms with Crippen LogP contribution in [-0.4, -0.2) is 38.2 Å². The minimum absolute atomic E-state index is 0.0758. The van der Waals surface area contributed by atoms with Gasteiger partial charge in [-0.1, -0.05) is 83.9 Å². The van der Waals surface area contributed by atoms with Crippen LogP contribution in [-0.2, 0) is 21.3 Å². The molecule has 0 bridgehead atoms. The highest BCUT2D eigenvalue weighted by Crippen LogP contribution is 2.15. The van der Waals surface area contributed by atoms with Crippen LogP contribution in [0.3, 0.4) is 0 Å². The third kappa shape index (κ3) is 9.14. The quantitative estimate of drug-likeness (QED) is 0.293. The van der Waals surface area contributed by atoms with Crippen LogP contribution in [0.5, 0.6) is 0 Å². The van der Waals surface area contributed by atoms with Crippen LogP contribution in [0.4, 0.5) is 0 Å². The van der Waals surface area contributed by atoms with E-state index in [1.165, 1.54) is 23.8 Å². The molecule has 170 valence electrons. The summed E-state index contributed by atoms with van der Waals surface area (Å²) in [6, 6.07) is 24.2. The second kappa shape index (κ2) is 12.3. The van der Waals surface area contributed by atoms with E-state index in [0.717, 1.165) is 23.1 Å². The molecule has 0 fully saturated rings. The maximum Gasteiger partial charge on any atom is 0.264 e. The summed E-state index contributed by atoms with van der Waals surface area (Å²) in [6.07, 6.45) is 1.23. The van der Waals surface area contributed by atoms with Crippen molar-refractivity contribution >= 4 is 15.9 Å². The monoisotopic (exact) mass is 454 g/mol. The standard InChI is InChI=1S/C22H20O.C4H10O4S/c1-16-3-7-18(8-4-16)15-19-9-13-21(14-10-19)22(23)20-11-5-17(2)6-12-20;1-8-3-2-4-9(5,6)7/h3-14H,15H2,1-2H3;2-4H2,1H3,(H,5,6,7). The average molecular weight is 455 g/mol. The number of rotatable bonds is 8. The summed E-state index contributed by atoms with van der Waals surface area (Å²) in [6.45, 7) is 4.48. The first kappa shape index (κ1) is 25.5. The number of carbonyl (C=O) groups is 1. The Labute approximate surface area is 190 Å². The predicted molar refractivity (Wildman–Crippen MR) is 128 cm³/mol. The highest BCUT2D eigenvalue weighted by Gasteiger charge is 2.08. The van der Waals surface area contributed by atoms with Crippen molar-refractivity contribution in [2.75, 3.05) is 19.5 Å². The number of benzene rings is 3. The largest absolute Gasteiger partial charge is 0.385 e. The van der Waals surface area contributed by atoms with Gasteiger partial charge in [0.05, 0.1) is 5.75 Å². The molecule has 3 aromatic rings. The van der Waals surface area contributed by atoms with Crippen molar-refractivity contribution in [1.82, 2.24) is 0 Å². The molecule has 5 nitrogen and oxygen atoms in total. The van der Waals surface area contributed by atoms with Crippen LogP contribution < -0.4 is 0 Å². The molecule has 0 atom stereocenters. The van der Waals surface area contributed by atoms with Gasteiger partial charge in [-0.3, -0.25) is 9.35 Å². The maximum atomic E-state index is 12.5. The lowest BCUT2D eigenvalue weighted by molar-refractivity contribution is 0.103. The van der Waals surface area contributed by atoms with E-state index >= 15 is 0 Å². The Bertz CT molecular complexity index is 1080. The second-order valence-electron chi connectivity index (χ2n) is 7.69. The van der Waals surface area contributed by atoms with E-state index in [1.807, 2.05) is 55.5 Å². The van der Waals surface area contributed by atoms with Gasteiger partial charge < -0.3 is 4.74 Å². The lowest BCUT2D eigenvalue weighted by Gasteiger charge is -2.05. The van der Waals surface area contributed by atoms with E-state index in [1.54, 1.807) is 0 Å². The summed E-state index contributed by atoms with van der Waals surface area (Å²) in [4.78, 5) is 12.5. The Morgan fingerprint density at radius 1 is 0.781 bits per heavy atom. The lowest BCUT2D eigenvalue weighted by atomic mass is 9.99. The average Bonchev–Trinajstić information content (AvgIpc) is 2.76. The molecule has 0 heterocycles. The van der Waals surface area contributed by atoms with Gasteiger partial charge in [0.2, 0.25) is 0 Å². The summed E-state index contributed by atoms with van der Waals surface area (Å²) in [5.74, 6) is -0.146. The second-order valence-corrected chi connectivity index (χ2v) is 9.26. The normalized spacial score (nSPS) is 10.9. The van der Waals surface area contributed by atoms with E-state index in [0.29, 0.717) is 13.0 Å². The summed E-state index contributed by atoms with van der Waals surface area (Å²) in [5, 5.41) is 0. The van der Waals surface area contributed by atoms with Gasteiger partial charge in [0.25, 0.3) is 10.1 Å². The zero-order valence-corrected chi connectivity index (χ0v) is 19.6. The molecule has 0 spiro atoms. The van der Waals surface area contributed by atoms with E-state index in [-0.39, 0.29) is 11.5 Å². The molecule has 0 saturated heterocycles. The smallest absolute Gasteiger partial charge is 0.264 e. The molecular weight excluding hydrogens is 424 g/mol. The summed E-state index contributed by atoms with van der Waals surface area (Å²) in [5.41, 5.74) is 6.41. The topological polar surface area (TPSA) is 80.7 Å². The number of ketones is 1. The van der Waals surface area contributed by atoms with Crippen molar-refractivity contribution in [2.45, 2.75) is 26.7 Å². The van der Waals surface area contributed by atoms with Crippen molar-refractivity contribution in [2.24, 2.45) is 0 Å². The molecule has 0 unspecified atom stereocenters. The molecular formula is C26H30O5S. The Morgan fingerprint density at radius 3 is 1.62 bits per heavy atom. The minimum atomic E-state index is -3.78. The number of aryl methyl sites for hydroxylation is 2. The Hall–Kier alpha value is -2.80. The third-order valence-corrected chi connectivity index (χ3v) is 5.61. The fourth-order valence-electron chi connectivity index (χ4n) is 2.97. The molecule has 0 aliphatic carbocycles. The van der Waals surface area contributed by atoms with E-state index < -0.39 is 10.1 Å². The number of hydrogen-bond acceptors (Lipinski definition) is 4. The van der Waals surface area contributed by atoms with Gasteiger partial charge in [0, 0.05) is 24.8 Å². The predicted octanol–water partition coefficient (Wildman–Crippen LogP) is 5.04. The van der Waals surface area contributed by atoms with Crippen molar-refractivity contribution in [1.29, 1.82) is 0 Å². The fraction of sp³-hybridized carbons (Fsp3) is 0.269. The fourth-order valence-corrected chi connectivity index (χ4v) is 3.46. The number of hydrogen-bond donors (Lipinski definition) is 1. The van der Waals surface area contributed by atoms with Gasteiger partial charge in [-0.2, -0.15) is 8.42 Å². The van der Waals surface area contributed by atoms with Gasteiger partial charge in [0.15, 0.2) is 5.78 Å². The summed E-state index contributed by atoms with van der Waals surface area (Å²) in [7, 11) is -2.30. The lowest BCUT2D eigenvalue weighted by Crippen LogP contribution is -2.05. The van der Waals surface area contributed by atoms with E-state index in [4.69, 9.17) is 4.55 Å². The van der Waals surface area contributed by atoms with Crippen LogP contribution in [0.1, 0.15) is 44.6 Å². The van der Waals surface area contributed by atoms with Crippen molar-refractivity contribution in [3.63, 3.8) is 0 Å². The van der Waals surface area contributed by atoms with Crippen LogP contribution in [0.2, 0.25) is 0 Å². The van der Waals surface area contributed by atoms with Gasteiger partial charge >= 0.3 is 0 Å². The first-order valence-corrected chi connectivity index (χ1v) is 12.0. The molecule has 0 aliphatic rings. The summed E-state index contributed by atoms with van der Waals surface area (Å²) < 4.78 is 32.7. The Morgan fingerprint density at radius 2 is 1.19 bits per heavy atom. The molecule has 0 aromatic heterocycles. The van der Waals surface area contributed by atoms with E-state index in [9.17, 15) is 13.2 Å². The molecule has 1 N–H and O–H groups in total. The van der Waals surface area contributed by atoms with Crippen LogP contribution >= 0.6 is 0 Å². The van der Waals surface area contributed by atoms with Gasteiger partial charge in [-0.05, 0) is 37.8 Å². The van der Waals surface area contributed by atoms with E-state index in [2.05, 4.69) is 35.9 Å².